The van der Waals surface area contributed by atoms with Crippen LogP contribution < -0.4 is 4.90 Å². The second-order valence-corrected chi connectivity index (χ2v) is 11.3. The minimum absolute atomic E-state index is 0.524. The van der Waals surface area contributed by atoms with Crippen LogP contribution in [0.15, 0.2) is 72.8 Å². The van der Waals surface area contributed by atoms with Gasteiger partial charge in [0.1, 0.15) is 0 Å². The molecule has 0 bridgehead atoms. The summed E-state index contributed by atoms with van der Waals surface area (Å²) in [4.78, 5) is 9.21. The standard InChI is InChI=1S/C34H41N3/c1-25-11-3-7-15-32(25)37(33-16-8-4-12-26(33)2)28-19-17-27(18-20-28)34-30(21-24-36-22-9-10-23-36)29-13-5-6-14-31(29)35-34/h3-8,11-16,27-28,35H,9-10,17-24H2,1-2H3. The first-order valence-electron chi connectivity index (χ1n) is 14.4. The zero-order valence-electron chi connectivity index (χ0n) is 22.5. The van der Waals surface area contributed by atoms with Gasteiger partial charge in [-0.25, -0.2) is 0 Å². The highest BCUT2D eigenvalue weighted by Gasteiger charge is 2.31. The lowest BCUT2D eigenvalue weighted by molar-refractivity contribution is 0.341. The van der Waals surface area contributed by atoms with E-state index < -0.39 is 0 Å². The SMILES string of the molecule is Cc1ccccc1N(c1ccccc1C)C1CCC(c2[nH]c3ccccc3c2CCN2CCCC2)CC1. The van der Waals surface area contributed by atoms with E-state index in [4.69, 9.17) is 0 Å². The number of rotatable bonds is 7. The van der Waals surface area contributed by atoms with Crippen molar-refractivity contribution in [3.8, 4) is 0 Å². The molecule has 2 fully saturated rings. The summed E-state index contributed by atoms with van der Waals surface area (Å²) in [7, 11) is 0. The van der Waals surface area contributed by atoms with Gasteiger partial charge in [0.05, 0.1) is 0 Å². The quantitative estimate of drug-likeness (QED) is 0.281. The average Bonchev–Trinajstić information content (AvgIpc) is 3.58. The molecule has 3 heteroatoms. The molecule has 1 aliphatic carbocycles. The van der Waals surface area contributed by atoms with Crippen LogP contribution in [0.1, 0.15) is 66.8 Å². The number of nitrogens with one attached hydrogen (secondary N) is 1. The third-order valence-electron chi connectivity index (χ3n) is 8.94. The summed E-state index contributed by atoms with van der Waals surface area (Å²) >= 11 is 0. The van der Waals surface area contributed by atoms with Crippen molar-refractivity contribution in [1.29, 1.82) is 0 Å². The number of benzene rings is 3. The minimum atomic E-state index is 0.524. The van der Waals surface area contributed by atoms with Gasteiger partial charge in [-0.2, -0.15) is 0 Å². The third-order valence-corrected chi connectivity index (χ3v) is 8.94. The van der Waals surface area contributed by atoms with Crippen molar-refractivity contribution in [2.24, 2.45) is 0 Å². The molecule has 0 unspecified atom stereocenters. The predicted molar refractivity (Wildman–Crippen MR) is 157 cm³/mol. The van der Waals surface area contributed by atoms with Crippen molar-refractivity contribution in [1.82, 2.24) is 9.88 Å². The smallest absolute Gasteiger partial charge is 0.0459 e. The van der Waals surface area contributed by atoms with Gasteiger partial charge in [-0.1, -0.05) is 54.6 Å². The maximum Gasteiger partial charge on any atom is 0.0459 e. The second kappa shape index (κ2) is 10.8. The lowest BCUT2D eigenvalue weighted by Crippen LogP contribution is -2.35. The lowest BCUT2D eigenvalue weighted by atomic mass is 9.81. The number of fused-ring (bicyclic) bond motifs is 1. The number of aryl methyl sites for hydroxylation is 2. The van der Waals surface area contributed by atoms with Gasteiger partial charge in [0.25, 0.3) is 0 Å². The zero-order chi connectivity index (χ0) is 25.2. The molecule has 0 atom stereocenters. The highest BCUT2D eigenvalue weighted by atomic mass is 15.2. The molecule has 1 saturated heterocycles. The molecular weight excluding hydrogens is 450 g/mol. The number of aromatic nitrogens is 1. The Morgan fingerprint density at radius 3 is 2.00 bits per heavy atom. The summed E-state index contributed by atoms with van der Waals surface area (Å²) in [6, 6.07) is 27.3. The first-order valence-corrected chi connectivity index (χ1v) is 14.4. The van der Waals surface area contributed by atoms with Gasteiger partial charge >= 0.3 is 0 Å². The van der Waals surface area contributed by atoms with Gasteiger partial charge in [-0.3, -0.25) is 0 Å². The summed E-state index contributed by atoms with van der Waals surface area (Å²) < 4.78 is 0. The average molecular weight is 492 g/mol. The van der Waals surface area contributed by atoms with Crippen LogP contribution in [0.25, 0.3) is 10.9 Å². The number of H-pyrrole nitrogens is 1. The topological polar surface area (TPSA) is 22.3 Å². The van der Waals surface area contributed by atoms with Crippen molar-refractivity contribution in [2.75, 3.05) is 24.5 Å². The van der Waals surface area contributed by atoms with Gasteiger partial charge in [0.2, 0.25) is 0 Å². The van der Waals surface area contributed by atoms with Crippen LogP contribution >= 0.6 is 0 Å². The van der Waals surface area contributed by atoms with Crippen LogP contribution in [-0.4, -0.2) is 35.6 Å². The van der Waals surface area contributed by atoms with E-state index in [0.29, 0.717) is 12.0 Å². The monoisotopic (exact) mass is 491 g/mol. The Morgan fingerprint density at radius 2 is 1.35 bits per heavy atom. The minimum Gasteiger partial charge on any atom is -0.358 e. The Balaban J connectivity index is 1.26. The molecule has 1 saturated carbocycles. The van der Waals surface area contributed by atoms with Crippen LogP contribution in [0.2, 0.25) is 0 Å². The van der Waals surface area contributed by atoms with E-state index in [0.717, 1.165) is 6.42 Å². The Kier molecular flexibility index (Phi) is 7.06. The van der Waals surface area contributed by atoms with E-state index in [2.05, 4.69) is 101 Å². The molecule has 0 amide bonds. The van der Waals surface area contributed by atoms with Gasteiger partial charge in [0.15, 0.2) is 0 Å². The number of aromatic amines is 1. The van der Waals surface area contributed by atoms with E-state index in [1.165, 1.54) is 97.3 Å². The molecule has 1 aromatic heterocycles. The molecule has 3 nitrogen and oxygen atoms in total. The van der Waals surface area contributed by atoms with E-state index >= 15 is 0 Å². The zero-order valence-corrected chi connectivity index (χ0v) is 22.5. The molecular formula is C34H41N3. The highest BCUT2D eigenvalue weighted by Crippen LogP contribution is 2.42. The van der Waals surface area contributed by atoms with Gasteiger partial charge in [-0.15, -0.1) is 0 Å². The van der Waals surface area contributed by atoms with Gasteiger partial charge < -0.3 is 14.8 Å². The predicted octanol–water partition coefficient (Wildman–Crippen LogP) is 8.29. The normalized spacial score (nSPS) is 20.5. The summed E-state index contributed by atoms with van der Waals surface area (Å²) in [6.45, 7) is 8.25. The summed E-state index contributed by atoms with van der Waals surface area (Å²) in [5, 5.41) is 1.44. The third kappa shape index (κ3) is 4.94. The summed E-state index contributed by atoms with van der Waals surface area (Å²) in [6.07, 6.45) is 8.80. The maximum atomic E-state index is 3.90. The molecule has 4 aromatic rings. The van der Waals surface area contributed by atoms with E-state index in [1.807, 2.05) is 0 Å². The van der Waals surface area contributed by atoms with Crippen molar-refractivity contribution in [2.45, 2.75) is 70.8 Å². The van der Waals surface area contributed by atoms with Crippen LogP contribution in [0.5, 0.6) is 0 Å². The number of nitrogens with zero attached hydrogens (tertiary/aromatic N) is 2. The number of para-hydroxylation sites is 3. The van der Waals surface area contributed by atoms with Gasteiger partial charge in [0, 0.05) is 40.6 Å². The van der Waals surface area contributed by atoms with Crippen LogP contribution in [0.4, 0.5) is 11.4 Å². The van der Waals surface area contributed by atoms with Crippen molar-refractivity contribution in [3.63, 3.8) is 0 Å². The fraction of sp³-hybridized carbons (Fsp3) is 0.412. The second-order valence-electron chi connectivity index (χ2n) is 11.3. The number of hydrogen-bond acceptors (Lipinski definition) is 2. The molecule has 1 N–H and O–H groups in total. The molecule has 192 valence electrons. The molecule has 3 aromatic carbocycles. The molecule has 2 aliphatic rings. The number of likely N-dealkylation sites (tertiary alicyclic amines) is 1. The van der Waals surface area contributed by atoms with E-state index in [-0.39, 0.29) is 0 Å². The maximum absolute atomic E-state index is 3.90. The highest BCUT2D eigenvalue weighted by molar-refractivity contribution is 5.85. The fourth-order valence-corrected chi connectivity index (χ4v) is 6.93. The molecule has 6 rings (SSSR count). The molecule has 1 aliphatic heterocycles. The Bertz CT molecular complexity index is 1290. The summed E-state index contributed by atoms with van der Waals surface area (Å²) in [5.74, 6) is 0.618. The van der Waals surface area contributed by atoms with Crippen molar-refractivity contribution >= 4 is 22.3 Å². The number of anilines is 2. The largest absolute Gasteiger partial charge is 0.358 e. The first kappa shape index (κ1) is 24.3. The van der Waals surface area contributed by atoms with Crippen LogP contribution in [0.3, 0.4) is 0 Å². The Labute approximate surface area is 222 Å². The van der Waals surface area contributed by atoms with Gasteiger partial charge in [-0.05, 0) is 113 Å². The first-order chi connectivity index (χ1) is 18.2. The molecule has 37 heavy (non-hydrogen) atoms. The van der Waals surface area contributed by atoms with Crippen LogP contribution in [0, 0.1) is 13.8 Å². The van der Waals surface area contributed by atoms with Crippen molar-refractivity contribution < 1.29 is 0 Å². The fourth-order valence-electron chi connectivity index (χ4n) is 6.93. The van der Waals surface area contributed by atoms with Crippen LogP contribution in [-0.2, 0) is 6.42 Å². The lowest BCUT2D eigenvalue weighted by Gasteiger charge is -2.40. The molecule has 2 heterocycles. The van der Waals surface area contributed by atoms with Crippen molar-refractivity contribution in [3.05, 3.63) is 95.2 Å². The molecule has 0 radical (unpaired) electrons. The molecule has 0 spiro atoms. The number of hydrogen-bond donors (Lipinski definition) is 1. The van der Waals surface area contributed by atoms with E-state index in [9.17, 15) is 0 Å². The Hall–Kier alpha value is -3.04. The Morgan fingerprint density at radius 1 is 0.757 bits per heavy atom. The van der Waals surface area contributed by atoms with E-state index in [1.54, 1.807) is 5.56 Å². The summed E-state index contributed by atoms with van der Waals surface area (Å²) in [5.41, 5.74) is 9.85.